The molecular weight excluding hydrogens is 260 g/mol. The second-order valence-electron chi connectivity index (χ2n) is 5.26. The highest BCUT2D eigenvalue weighted by Crippen LogP contribution is 2.36. The summed E-state index contributed by atoms with van der Waals surface area (Å²) in [5, 5.41) is 6.63. The van der Waals surface area contributed by atoms with Gasteiger partial charge in [-0.25, -0.2) is 0 Å². The Morgan fingerprint density at radius 1 is 0.952 bits per heavy atom. The number of furan rings is 1. The van der Waals surface area contributed by atoms with Crippen LogP contribution < -0.4 is 4.68 Å². The molecule has 102 valence electrons. The van der Waals surface area contributed by atoms with E-state index in [0.29, 0.717) is 0 Å². The van der Waals surface area contributed by atoms with Crippen molar-refractivity contribution >= 4 is 21.9 Å². The highest BCUT2D eigenvalue weighted by atomic mass is 16.3. The summed E-state index contributed by atoms with van der Waals surface area (Å²) >= 11 is 0. The van der Waals surface area contributed by atoms with Crippen molar-refractivity contribution in [1.82, 2.24) is 5.10 Å². The average Bonchev–Trinajstić information content (AvgIpc) is 2.87. The van der Waals surface area contributed by atoms with Gasteiger partial charge in [-0.1, -0.05) is 35.0 Å². The molecule has 21 heavy (non-hydrogen) atoms. The third-order valence-electron chi connectivity index (χ3n) is 3.94. The lowest BCUT2D eigenvalue weighted by molar-refractivity contribution is -0.720. The molecule has 0 N–H and O–H groups in total. The first kappa shape index (κ1) is 12.1. The van der Waals surface area contributed by atoms with Gasteiger partial charge in [0.15, 0.2) is 7.05 Å². The maximum Gasteiger partial charge on any atom is 0.242 e. The predicted octanol–water partition coefficient (Wildman–Crippen LogP) is 3.78. The minimum atomic E-state index is 0.922. The number of para-hydroxylation sites is 1. The Morgan fingerprint density at radius 2 is 1.81 bits per heavy atom. The molecule has 0 saturated carbocycles. The van der Waals surface area contributed by atoms with E-state index in [4.69, 9.17) is 4.42 Å². The van der Waals surface area contributed by atoms with E-state index in [-0.39, 0.29) is 0 Å². The van der Waals surface area contributed by atoms with Gasteiger partial charge < -0.3 is 4.42 Å². The summed E-state index contributed by atoms with van der Waals surface area (Å²) in [6.45, 7) is 2.11. The summed E-state index contributed by atoms with van der Waals surface area (Å²) < 4.78 is 8.02. The van der Waals surface area contributed by atoms with E-state index in [0.717, 1.165) is 33.2 Å². The van der Waals surface area contributed by atoms with Crippen LogP contribution in [0.15, 0.2) is 59.1 Å². The Morgan fingerprint density at radius 3 is 2.67 bits per heavy atom. The van der Waals surface area contributed by atoms with Crippen LogP contribution in [-0.4, -0.2) is 5.10 Å². The Bertz CT molecular complexity index is 969. The first-order valence-electron chi connectivity index (χ1n) is 6.98. The fourth-order valence-electron chi connectivity index (χ4n) is 2.89. The molecule has 0 radical (unpaired) electrons. The highest BCUT2D eigenvalue weighted by Gasteiger charge is 2.20. The zero-order chi connectivity index (χ0) is 14.4. The Hall–Kier alpha value is -2.68. The average molecular weight is 275 g/mol. The monoisotopic (exact) mass is 275 g/mol. The van der Waals surface area contributed by atoms with Crippen LogP contribution in [0.5, 0.6) is 0 Å². The van der Waals surface area contributed by atoms with Crippen molar-refractivity contribution in [3.8, 4) is 11.3 Å². The molecule has 3 nitrogen and oxygen atoms in total. The van der Waals surface area contributed by atoms with E-state index in [1.54, 1.807) is 6.20 Å². The van der Waals surface area contributed by atoms with Crippen molar-refractivity contribution in [3.05, 3.63) is 60.3 Å². The number of aryl methyl sites for hydroxylation is 2. The number of rotatable bonds is 1. The molecule has 2 heterocycles. The maximum atomic E-state index is 6.13. The van der Waals surface area contributed by atoms with Crippen molar-refractivity contribution in [2.45, 2.75) is 6.92 Å². The largest absolute Gasteiger partial charge is 0.455 e. The molecule has 0 bridgehead atoms. The summed E-state index contributed by atoms with van der Waals surface area (Å²) in [7, 11) is 1.95. The molecule has 0 amide bonds. The van der Waals surface area contributed by atoms with E-state index in [1.165, 1.54) is 5.56 Å². The molecule has 4 aromatic rings. The van der Waals surface area contributed by atoms with Gasteiger partial charge in [0.05, 0.1) is 11.8 Å². The molecule has 0 spiro atoms. The molecule has 0 atom stereocenters. The minimum Gasteiger partial charge on any atom is -0.455 e. The zero-order valence-corrected chi connectivity index (χ0v) is 12.0. The van der Waals surface area contributed by atoms with Gasteiger partial charge in [-0.3, -0.25) is 0 Å². The van der Waals surface area contributed by atoms with Crippen LogP contribution >= 0.6 is 0 Å². The van der Waals surface area contributed by atoms with Gasteiger partial charge in [0.25, 0.3) is 0 Å². The minimum absolute atomic E-state index is 0.922. The SMILES string of the molecule is Cc1ccc2c(oc3ccccc32)c1-c1cccn[n+]1C. The Balaban J connectivity index is 2.18. The van der Waals surface area contributed by atoms with Gasteiger partial charge in [-0.2, -0.15) is 0 Å². The number of nitrogens with zero attached hydrogens (tertiary/aromatic N) is 2. The van der Waals surface area contributed by atoms with Crippen molar-refractivity contribution in [2.24, 2.45) is 7.05 Å². The number of benzene rings is 2. The molecule has 0 aliphatic rings. The van der Waals surface area contributed by atoms with Crippen molar-refractivity contribution in [3.63, 3.8) is 0 Å². The zero-order valence-electron chi connectivity index (χ0n) is 12.0. The summed E-state index contributed by atoms with van der Waals surface area (Å²) in [5.74, 6) is 0. The number of hydrogen-bond acceptors (Lipinski definition) is 2. The number of fused-ring (bicyclic) bond motifs is 3. The van der Waals surface area contributed by atoms with Crippen LogP contribution in [0.3, 0.4) is 0 Å². The molecule has 0 unspecified atom stereocenters. The topological polar surface area (TPSA) is 29.9 Å². The fraction of sp³-hybridized carbons (Fsp3) is 0.111. The fourth-order valence-corrected chi connectivity index (χ4v) is 2.89. The summed E-state index contributed by atoms with van der Waals surface area (Å²) in [4.78, 5) is 0. The third kappa shape index (κ3) is 1.74. The molecule has 4 rings (SSSR count). The highest BCUT2D eigenvalue weighted by molar-refractivity contribution is 6.09. The summed E-state index contributed by atoms with van der Waals surface area (Å²) in [6.07, 6.45) is 1.79. The molecule has 0 saturated heterocycles. The second kappa shape index (κ2) is 4.42. The molecule has 2 aromatic heterocycles. The van der Waals surface area contributed by atoms with E-state index in [9.17, 15) is 0 Å². The van der Waals surface area contributed by atoms with E-state index < -0.39 is 0 Å². The van der Waals surface area contributed by atoms with Crippen LogP contribution in [0.2, 0.25) is 0 Å². The maximum absolute atomic E-state index is 6.13. The Kier molecular flexibility index (Phi) is 2.54. The van der Waals surface area contributed by atoms with Gasteiger partial charge in [0.2, 0.25) is 5.69 Å². The smallest absolute Gasteiger partial charge is 0.242 e. The normalized spacial score (nSPS) is 11.3. The molecule has 0 aliphatic heterocycles. The lowest BCUT2D eigenvalue weighted by atomic mass is 10.0. The van der Waals surface area contributed by atoms with Gasteiger partial charge in [-0.15, -0.1) is 0 Å². The third-order valence-corrected chi connectivity index (χ3v) is 3.94. The summed E-state index contributed by atoms with van der Waals surface area (Å²) in [6, 6.07) is 16.5. The van der Waals surface area contributed by atoms with E-state index in [1.807, 2.05) is 36.0 Å². The summed E-state index contributed by atoms with van der Waals surface area (Å²) in [5.41, 5.74) is 5.20. The van der Waals surface area contributed by atoms with Gasteiger partial charge in [0, 0.05) is 16.8 Å². The van der Waals surface area contributed by atoms with Crippen LogP contribution in [0.25, 0.3) is 33.2 Å². The van der Waals surface area contributed by atoms with Crippen LogP contribution in [0.4, 0.5) is 0 Å². The van der Waals surface area contributed by atoms with Crippen molar-refractivity contribution in [2.75, 3.05) is 0 Å². The molecule has 0 fully saturated rings. The van der Waals surface area contributed by atoms with Crippen molar-refractivity contribution in [1.29, 1.82) is 0 Å². The molecular formula is C18H15N2O+. The lowest BCUT2D eigenvalue weighted by Gasteiger charge is -2.03. The first-order chi connectivity index (χ1) is 10.3. The second-order valence-corrected chi connectivity index (χ2v) is 5.26. The van der Waals surface area contributed by atoms with Crippen LogP contribution in [0.1, 0.15) is 5.56 Å². The van der Waals surface area contributed by atoms with Crippen LogP contribution in [0, 0.1) is 6.92 Å². The van der Waals surface area contributed by atoms with Gasteiger partial charge >= 0.3 is 0 Å². The molecule has 3 heteroatoms. The number of hydrogen-bond donors (Lipinski definition) is 0. The lowest BCUT2D eigenvalue weighted by Crippen LogP contribution is -2.35. The predicted molar refractivity (Wildman–Crippen MR) is 82.9 cm³/mol. The first-order valence-corrected chi connectivity index (χ1v) is 6.98. The van der Waals surface area contributed by atoms with E-state index >= 15 is 0 Å². The molecule has 2 aromatic carbocycles. The van der Waals surface area contributed by atoms with Gasteiger partial charge in [0.1, 0.15) is 11.2 Å². The standard InChI is InChI=1S/C18H15N2O/c1-12-9-10-14-13-6-3-4-8-16(13)21-18(14)17(12)15-7-5-11-19-20(15)2/h3-11H,1-2H3/q+1. The van der Waals surface area contributed by atoms with Gasteiger partial charge in [-0.05, 0) is 29.7 Å². The quantitative estimate of drug-likeness (QED) is 0.495. The van der Waals surface area contributed by atoms with Crippen LogP contribution in [-0.2, 0) is 7.05 Å². The van der Waals surface area contributed by atoms with E-state index in [2.05, 4.69) is 36.3 Å². The van der Waals surface area contributed by atoms with Crippen molar-refractivity contribution < 1.29 is 9.10 Å². The number of aromatic nitrogens is 2. The Labute approximate surface area is 122 Å². The molecule has 0 aliphatic carbocycles.